The average Bonchev–Trinajstić information content (AvgIpc) is 3.25. The number of halogens is 1. The molecule has 0 unspecified atom stereocenters. The van der Waals surface area contributed by atoms with E-state index in [1.54, 1.807) is 17.6 Å². The molecule has 0 atom stereocenters. The highest BCUT2D eigenvalue weighted by Crippen LogP contribution is 2.09. The smallest absolute Gasteiger partial charge is 0.191 e. The molecule has 0 bridgehead atoms. The molecule has 2 heterocycles. The molecule has 3 N–H and O–H groups in total. The highest BCUT2D eigenvalue weighted by Gasteiger charge is 2.01. The summed E-state index contributed by atoms with van der Waals surface area (Å²) in [5, 5.41) is 17.2. The van der Waals surface area contributed by atoms with Gasteiger partial charge < -0.3 is 24.9 Å². The van der Waals surface area contributed by atoms with Crippen LogP contribution >= 0.6 is 35.3 Å². The quantitative estimate of drug-likeness (QED) is 0.217. The van der Waals surface area contributed by atoms with Crippen LogP contribution in [-0.2, 0) is 17.7 Å². The molecule has 24 heavy (non-hydrogen) atoms. The van der Waals surface area contributed by atoms with Crippen LogP contribution in [0.1, 0.15) is 10.6 Å². The number of aliphatic hydroxyl groups is 1. The van der Waals surface area contributed by atoms with Gasteiger partial charge >= 0.3 is 0 Å². The summed E-state index contributed by atoms with van der Waals surface area (Å²) in [7, 11) is 0. The Morgan fingerprint density at radius 1 is 1.21 bits per heavy atom. The molecule has 8 heteroatoms. The molecule has 134 valence electrons. The van der Waals surface area contributed by atoms with Gasteiger partial charge in [-0.25, -0.2) is 4.99 Å². The van der Waals surface area contributed by atoms with Crippen LogP contribution in [0.25, 0.3) is 0 Å². The summed E-state index contributed by atoms with van der Waals surface area (Å²) in [5.74, 6) is 1.69. The Kier molecular flexibility index (Phi) is 11.5. The van der Waals surface area contributed by atoms with Crippen LogP contribution in [0.2, 0.25) is 0 Å². The molecule has 0 fully saturated rings. The van der Waals surface area contributed by atoms with E-state index in [1.807, 2.05) is 23.6 Å². The number of aliphatic hydroxyl groups excluding tert-OH is 1. The van der Waals surface area contributed by atoms with Gasteiger partial charge in [0.25, 0.3) is 0 Å². The Balaban J connectivity index is 0.00000288. The first-order valence-electron chi connectivity index (χ1n) is 7.64. The molecule has 0 saturated carbocycles. The molecule has 2 rings (SSSR count). The lowest BCUT2D eigenvalue weighted by molar-refractivity contribution is 0.0957. The first-order chi connectivity index (χ1) is 11.4. The van der Waals surface area contributed by atoms with Crippen LogP contribution in [-0.4, -0.2) is 44.0 Å². The van der Waals surface area contributed by atoms with Crippen molar-refractivity contribution in [3.05, 3.63) is 46.5 Å². The van der Waals surface area contributed by atoms with Crippen LogP contribution in [0.3, 0.4) is 0 Å². The van der Waals surface area contributed by atoms with Crippen molar-refractivity contribution in [3.8, 4) is 0 Å². The van der Waals surface area contributed by atoms with Gasteiger partial charge in [0.1, 0.15) is 5.76 Å². The summed E-state index contributed by atoms with van der Waals surface area (Å²) in [6.45, 7) is 2.94. The third-order valence-corrected chi connectivity index (χ3v) is 3.85. The lowest BCUT2D eigenvalue weighted by atomic mass is 10.3. The van der Waals surface area contributed by atoms with Gasteiger partial charge in [-0.2, -0.15) is 0 Å². The van der Waals surface area contributed by atoms with Gasteiger partial charge in [-0.05, 0) is 23.6 Å². The third-order valence-electron chi connectivity index (χ3n) is 2.99. The van der Waals surface area contributed by atoms with E-state index >= 15 is 0 Å². The molecule has 0 radical (unpaired) electrons. The van der Waals surface area contributed by atoms with E-state index < -0.39 is 0 Å². The number of hydrogen-bond donors (Lipinski definition) is 3. The van der Waals surface area contributed by atoms with E-state index in [2.05, 4.69) is 21.7 Å². The molecule has 6 nitrogen and oxygen atoms in total. The second kappa shape index (κ2) is 13.2. The maximum absolute atomic E-state index is 8.68. The molecule has 0 spiro atoms. The second-order valence-corrected chi connectivity index (χ2v) is 5.80. The van der Waals surface area contributed by atoms with Crippen molar-refractivity contribution >= 4 is 41.3 Å². The fourth-order valence-corrected chi connectivity index (χ4v) is 2.53. The number of guanidine groups is 1. The molecular weight excluding hydrogens is 441 g/mol. The number of ether oxygens (including phenoxy) is 1. The number of aliphatic imine (C=N–C) groups is 1. The van der Waals surface area contributed by atoms with Crippen molar-refractivity contribution in [2.45, 2.75) is 13.0 Å². The predicted octanol–water partition coefficient (Wildman–Crippen LogP) is 2.25. The number of thiophene rings is 1. The van der Waals surface area contributed by atoms with Crippen molar-refractivity contribution in [3.63, 3.8) is 0 Å². The maximum Gasteiger partial charge on any atom is 0.191 e. The minimum absolute atomic E-state index is 0. The van der Waals surface area contributed by atoms with Gasteiger partial charge in [0.15, 0.2) is 5.96 Å². The summed E-state index contributed by atoms with van der Waals surface area (Å²) in [6.07, 6.45) is 2.48. The molecule has 0 amide bonds. The number of hydrogen-bond acceptors (Lipinski definition) is 5. The van der Waals surface area contributed by atoms with Crippen molar-refractivity contribution in [1.82, 2.24) is 10.6 Å². The minimum Gasteiger partial charge on any atom is -0.469 e. The van der Waals surface area contributed by atoms with Crippen molar-refractivity contribution < 1.29 is 14.3 Å². The topological polar surface area (TPSA) is 79.0 Å². The maximum atomic E-state index is 8.68. The zero-order chi connectivity index (χ0) is 16.2. The Labute approximate surface area is 163 Å². The van der Waals surface area contributed by atoms with E-state index in [-0.39, 0.29) is 30.6 Å². The Hall–Kier alpha value is -1.10. The number of rotatable bonds is 10. The van der Waals surface area contributed by atoms with E-state index in [0.29, 0.717) is 26.3 Å². The molecule has 0 saturated heterocycles. The molecule has 0 aliphatic heterocycles. The normalized spacial score (nSPS) is 11.1. The zero-order valence-corrected chi connectivity index (χ0v) is 16.6. The van der Waals surface area contributed by atoms with Gasteiger partial charge in [-0.3, -0.25) is 0 Å². The number of nitrogens with one attached hydrogen (secondary N) is 2. The predicted molar refractivity (Wildman–Crippen MR) is 107 cm³/mol. The molecule has 2 aromatic rings. The molecule has 2 aromatic heterocycles. The van der Waals surface area contributed by atoms with Gasteiger partial charge in [0.2, 0.25) is 0 Å². The van der Waals surface area contributed by atoms with E-state index in [9.17, 15) is 0 Å². The van der Waals surface area contributed by atoms with Crippen LogP contribution in [0, 0.1) is 0 Å². The largest absolute Gasteiger partial charge is 0.469 e. The summed E-state index contributed by atoms with van der Waals surface area (Å²) in [4.78, 5) is 5.79. The van der Waals surface area contributed by atoms with Crippen LogP contribution < -0.4 is 10.6 Å². The summed E-state index contributed by atoms with van der Waals surface area (Å²) in [5.41, 5.74) is 0. The lowest BCUT2D eigenvalue weighted by Gasteiger charge is -2.12. The molecular formula is C16H24IN3O3S. The Bertz CT molecular complexity index is 547. The monoisotopic (exact) mass is 465 g/mol. The number of furan rings is 1. The van der Waals surface area contributed by atoms with Gasteiger partial charge in [0.05, 0.1) is 32.6 Å². The highest BCUT2D eigenvalue weighted by molar-refractivity contribution is 14.0. The molecule has 0 aliphatic carbocycles. The highest BCUT2D eigenvalue weighted by atomic mass is 127. The van der Waals surface area contributed by atoms with Crippen LogP contribution in [0.5, 0.6) is 0 Å². The third kappa shape index (κ3) is 8.67. The molecule has 0 aromatic carbocycles. The summed E-state index contributed by atoms with van der Waals surface area (Å²) in [6, 6.07) is 7.94. The summed E-state index contributed by atoms with van der Waals surface area (Å²) >= 11 is 1.69. The fourth-order valence-electron chi connectivity index (χ4n) is 1.90. The van der Waals surface area contributed by atoms with E-state index in [4.69, 9.17) is 14.3 Å². The minimum atomic E-state index is 0. The number of nitrogens with zero attached hydrogens (tertiary/aromatic N) is 1. The first kappa shape index (κ1) is 20.9. The van der Waals surface area contributed by atoms with Gasteiger partial charge in [-0.15, -0.1) is 35.3 Å². The second-order valence-electron chi connectivity index (χ2n) is 4.76. The summed E-state index contributed by atoms with van der Waals surface area (Å²) < 4.78 is 10.6. The zero-order valence-electron chi connectivity index (χ0n) is 13.4. The fraction of sp³-hybridized carbons (Fsp3) is 0.438. The van der Waals surface area contributed by atoms with Crippen molar-refractivity contribution in [2.24, 2.45) is 4.99 Å². The Morgan fingerprint density at radius 2 is 2.08 bits per heavy atom. The van der Waals surface area contributed by atoms with Crippen LogP contribution in [0.4, 0.5) is 0 Å². The van der Waals surface area contributed by atoms with Crippen molar-refractivity contribution in [2.75, 3.05) is 32.9 Å². The van der Waals surface area contributed by atoms with Crippen LogP contribution in [0.15, 0.2) is 45.3 Å². The average molecular weight is 465 g/mol. The lowest BCUT2D eigenvalue weighted by Crippen LogP contribution is -2.40. The van der Waals surface area contributed by atoms with Crippen molar-refractivity contribution in [1.29, 1.82) is 0 Å². The van der Waals surface area contributed by atoms with Gasteiger partial charge in [0, 0.05) is 24.4 Å². The van der Waals surface area contributed by atoms with Gasteiger partial charge in [-0.1, -0.05) is 6.07 Å². The standard InChI is InChI=1S/C16H23N3O3S.HI/c20-8-11-21-10-7-18-16(19-13-15-4-2-12-23-15)17-6-5-14-3-1-9-22-14;/h1-4,9,12,20H,5-8,10-11,13H2,(H2,17,18,19);1H. The SMILES string of the molecule is I.OCCOCCNC(=NCc1cccs1)NCCc1ccco1. The first-order valence-corrected chi connectivity index (χ1v) is 8.52. The molecule has 0 aliphatic rings. The van der Waals surface area contributed by atoms with E-state index in [1.165, 1.54) is 4.88 Å². The Morgan fingerprint density at radius 3 is 2.79 bits per heavy atom. The van der Waals surface area contributed by atoms with E-state index in [0.717, 1.165) is 24.7 Å².